The first-order valence-corrected chi connectivity index (χ1v) is 9.83. The Morgan fingerprint density at radius 2 is 1.54 bits per heavy atom. The van der Waals surface area contributed by atoms with Crippen LogP contribution in [0.15, 0.2) is 84.9 Å². The molecule has 0 spiro atoms. The number of aromatic nitrogens is 2. The summed E-state index contributed by atoms with van der Waals surface area (Å²) in [4.78, 5) is 4.87. The Labute approximate surface area is 173 Å². The van der Waals surface area contributed by atoms with E-state index in [-0.39, 0.29) is 0 Å². The zero-order valence-electron chi connectivity index (χ0n) is 14.9. The summed E-state index contributed by atoms with van der Waals surface area (Å²) in [6, 6.07) is 28.7. The minimum Gasteiger partial charge on any atom is -0.319 e. The van der Waals surface area contributed by atoms with E-state index in [0.717, 1.165) is 22.4 Å². The van der Waals surface area contributed by atoms with Gasteiger partial charge in [0.1, 0.15) is 5.82 Å². The third-order valence-corrected chi connectivity index (χ3v) is 5.53. The van der Waals surface area contributed by atoms with Gasteiger partial charge < -0.3 is 4.57 Å². The molecule has 0 fully saturated rings. The minimum atomic E-state index is 0.600. The number of halogens is 2. The Morgan fingerprint density at radius 1 is 0.750 bits per heavy atom. The Morgan fingerprint density at radius 3 is 2.39 bits per heavy atom. The molecule has 5 rings (SSSR count). The molecule has 136 valence electrons. The Balaban J connectivity index is 1.68. The highest BCUT2D eigenvalue weighted by molar-refractivity contribution is 6.36. The van der Waals surface area contributed by atoms with Crippen molar-refractivity contribution in [3.05, 3.63) is 101 Å². The molecular weight excluding hydrogens is 387 g/mol. The smallest absolute Gasteiger partial charge is 0.142 e. The Bertz CT molecular complexity index is 1320. The Hall–Kier alpha value is -2.81. The summed E-state index contributed by atoms with van der Waals surface area (Å²) >= 11 is 12.6. The zero-order chi connectivity index (χ0) is 19.1. The molecule has 0 saturated heterocycles. The summed E-state index contributed by atoms with van der Waals surface area (Å²) in [5.41, 5.74) is 4.12. The first-order valence-electron chi connectivity index (χ1n) is 9.07. The molecule has 5 aromatic rings. The molecule has 4 heteroatoms. The molecule has 1 heterocycles. The second-order valence-corrected chi connectivity index (χ2v) is 7.66. The quantitative estimate of drug-likeness (QED) is 0.311. The average Bonchev–Trinajstić information content (AvgIpc) is 3.06. The highest BCUT2D eigenvalue weighted by Gasteiger charge is 2.15. The topological polar surface area (TPSA) is 17.8 Å². The Kier molecular flexibility index (Phi) is 4.31. The van der Waals surface area contributed by atoms with Gasteiger partial charge in [0.05, 0.1) is 16.1 Å². The van der Waals surface area contributed by atoms with Crippen molar-refractivity contribution < 1.29 is 0 Å². The van der Waals surface area contributed by atoms with Crippen LogP contribution in [0.2, 0.25) is 10.0 Å². The van der Waals surface area contributed by atoms with E-state index in [9.17, 15) is 0 Å². The van der Waals surface area contributed by atoms with Gasteiger partial charge in [0.15, 0.2) is 0 Å². The van der Waals surface area contributed by atoms with Gasteiger partial charge in [-0.1, -0.05) is 71.7 Å². The number of benzene rings is 4. The van der Waals surface area contributed by atoms with Crippen molar-refractivity contribution in [2.75, 3.05) is 0 Å². The number of hydrogen-bond acceptors (Lipinski definition) is 1. The molecule has 2 nitrogen and oxygen atoms in total. The van der Waals surface area contributed by atoms with Crippen LogP contribution < -0.4 is 0 Å². The molecule has 0 unspecified atom stereocenters. The van der Waals surface area contributed by atoms with Crippen molar-refractivity contribution in [1.29, 1.82) is 0 Å². The van der Waals surface area contributed by atoms with E-state index < -0.39 is 0 Å². The fraction of sp³-hybridized carbons (Fsp3) is 0.0417. The second kappa shape index (κ2) is 6.97. The summed E-state index contributed by atoms with van der Waals surface area (Å²) in [6.07, 6.45) is 0. The highest BCUT2D eigenvalue weighted by Crippen LogP contribution is 2.33. The van der Waals surface area contributed by atoms with Gasteiger partial charge in [0.25, 0.3) is 0 Å². The van der Waals surface area contributed by atoms with Gasteiger partial charge in [0, 0.05) is 17.1 Å². The number of hydrogen-bond donors (Lipinski definition) is 0. The second-order valence-electron chi connectivity index (χ2n) is 6.82. The maximum absolute atomic E-state index is 6.51. The maximum atomic E-state index is 6.51. The van der Waals surface area contributed by atoms with Crippen LogP contribution in [-0.4, -0.2) is 9.55 Å². The van der Waals surface area contributed by atoms with Crippen molar-refractivity contribution in [2.45, 2.75) is 6.54 Å². The molecule has 0 atom stereocenters. The van der Waals surface area contributed by atoms with E-state index in [0.29, 0.717) is 16.6 Å². The molecule has 0 aliphatic heterocycles. The maximum Gasteiger partial charge on any atom is 0.142 e. The van der Waals surface area contributed by atoms with Gasteiger partial charge in [0.2, 0.25) is 0 Å². The minimum absolute atomic E-state index is 0.600. The summed E-state index contributed by atoms with van der Waals surface area (Å²) in [7, 11) is 0. The van der Waals surface area contributed by atoms with Crippen LogP contribution in [-0.2, 0) is 6.54 Å². The van der Waals surface area contributed by atoms with E-state index >= 15 is 0 Å². The predicted molar refractivity (Wildman–Crippen MR) is 118 cm³/mol. The summed E-state index contributed by atoms with van der Waals surface area (Å²) in [5, 5.41) is 3.69. The largest absolute Gasteiger partial charge is 0.319 e. The molecule has 4 aromatic carbocycles. The van der Waals surface area contributed by atoms with Gasteiger partial charge in [-0.15, -0.1) is 0 Å². The average molecular weight is 403 g/mol. The van der Waals surface area contributed by atoms with Crippen LogP contribution in [0, 0.1) is 0 Å². The van der Waals surface area contributed by atoms with Crippen LogP contribution in [0.4, 0.5) is 0 Å². The van der Waals surface area contributed by atoms with E-state index in [2.05, 4.69) is 53.1 Å². The molecule has 0 amide bonds. The summed E-state index contributed by atoms with van der Waals surface area (Å²) in [5.74, 6) is 0.844. The van der Waals surface area contributed by atoms with E-state index in [1.165, 1.54) is 16.3 Å². The number of rotatable bonds is 3. The van der Waals surface area contributed by atoms with Crippen molar-refractivity contribution >= 4 is 45.0 Å². The molecule has 28 heavy (non-hydrogen) atoms. The van der Waals surface area contributed by atoms with Crippen LogP contribution in [0.3, 0.4) is 0 Å². The van der Waals surface area contributed by atoms with E-state index in [1.54, 1.807) is 6.07 Å². The monoisotopic (exact) mass is 402 g/mol. The van der Waals surface area contributed by atoms with Crippen LogP contribution in [0.25, 0.3) is 33.2 Å². The van der Waals surface area contributed by atoms with Gasteiger partial charge in [-0.2, -0.15) is 0 Å². The molecule has 0 saturated carbocycles. The van der Waals surface area contributed by atoms with Gasteiger partial charge in [-0.25, -0.2) is 4.98 Å². The number of para-hydroxylation sites is 2. The van der Waals surface area contributed by atoms with Crippen LogP contribution >= 0.6 is 23.2 Å². The number of fused-ring (bicyclic) bond motifs is 2. The first kappa shape index (κ1) is 17.3. The van der Waals surface area contributed by atoms with Crippen LogP contribution in [0.5, 0.6) is 0 Å². The molecule has 0 aliphatic rings. The predicted octanol–water partition coefficient (Wildman–Crippen LogP) is 7.21. The highest BCUT2D eigenvalue weighted by atomic mass is 35.5. The summed E-state index contributed by atoms with van der Waals surface area (Å²) in [6.45, 7) is 0.708. The molecular formula is C24H16Cl2N2. The standard InChI is InChI=1S/C24H16Cl2N2/c25-19-11-12-20(21(26)14-19)24-27-22-7-3-4-8-23(22)28(24)15-16-9-10-17-5-1-2-6-18(17)13-16/h1-14H,15H2. The molecule has 0 radical (unpaired) electrons. The van der Waals surface area contributed by atoms with Gasteiger partial charge in [-0.3, -0.25) is 0 Å². The summed E-state index contributed by atoms with van der Waals surface area (Å²) < 4.78 is 2.22. The van der Waals surface area contributed by atoms with Gasteiger partial charge >= 0.3 is 0 Å². The SMILES string of the molecule is Clc1ccc(-c2nc3ccccc3n2Cc2ccc3ccccc3c2)c(Cl)c1. The lowest BCUT2D eigenvalue weighted by Gasteiger charge is -2.12. The van der Waals surface area contributed by atoms with E-state index in [4.69, 9.17) is 28.2 Å². The third-order valence-electron chi connectivity index (χ3n) is 4.98. The first-order chi connectivity index (χ1) is 13.7. The number of nitrogens with zero attached hydrogens (tertiary/aromatic N) is 2. The fourth-order valence-electron chi connectivity index (χ4n) is 3.63. The van der Waals surface area contributed by atoms with Crippen molar-refractivity contribution in [3.8, 4) is 11.4 Å². The fourth-order valence-corrected chi connectivity index (χ4v) is 4.12. The van der Waals surface area contributed by atoms with Crippen molar-refractivity contribution in [2.24, 2.45) is 0 Å². The third kappa shape index (κ3) is 3.05. The van der Waals surface area contributed by atoms with Crippen LogP contribution in [0.1, 0.15) is 5.56 Å². The lowest BCUT2D eigenvalue weighted by atomic mass is 10.1. The zero-order valence-corrected chi connectivity index (χ0v) is 16.5. The molecule has 0 bridgehead atoms. The normalized spacial score (nSPS) is 11.4. The number of imidazole rings is 1. The van der Waals surface area contributed by atoms with Gasteiger partial charge in [-0.05, 0) is 52.7 Å². The lowest BCUT2D eigenvalue weighted by molar-refractivity contribution is 0.835. The molecule has 0 aliphatic carbocycles. The van der Waals surface area contributed by atoms with Crippen molar-refractivity contribution in [1.82, 2.24) is 9.55 Å². The van der Waals surface area contributed by atoms with Crippen molar-refractivity contribution in [3.63, 3.8) is 0 Å². The molecule has 1 aromatic heterocycles. The molecule has 0 N–H and O–H groups in total. The van der Waals surface area contributed by atoms with E-state index in [1.807, 2.05) is 30.3 Å². The lowest BCUT2D eigenvalue weighted by Crippen LogP contribution is -2.02.